The third-order valence-electron chi connectivity index (χ3n) is 2.15. The van der Waals surface area contributed by atoms with E-state index in [1.165, 1.54) is 19.1 Å². The molecule has 0 bridgehead atoms. The Hall–Kier alpha value is -1.44. The maximum Gasteiger partial charge on any atom is 0.226 e. The Kier molecular flexibility index (Phi) is 3.88. The van der Waals surface area contributed by atoms with E-state index in [0.717, 1.165) is 11.3 Å². The van der Waals surface area contributed by atoms with Crippen molar-refractivity contribution in [2.45, 2.75) is 16.8 Å². The second-order valence-corrected chi connectivity index (χ2v) is 7.06. The SMILES string of the molecule is CC(=O)Nc1nc(S(=O)(=O)c2ccccc2)c(Cl)s1. The van der Waals surface area contributed by atoms with Crippen LogP contribution in [0.1, 0.15) is 6.92 Å². The van der Waals surface area contributed by atoms with Gasteiger partial charge in [-0.3, -0.25) is 4.79 Å². The normalized spacial score (nSPS) is 11.3. The molecule has 1 heterocycles. The van der Waals surface area contributed by atoms with E-state index < -0.39 is 9.84 Å². The van der Waals surface area contributed by atoms with Crippen molar-refractivity contribution in [1.29, 1.82) is 0 Å². The summed E-state index contributed by atoms with van der Waals surface area (Å²) < 4.78 is 24.6. The van der Waals surface area contributed by atoms with Gasteiger partial charge in [0.1, 0.15) is 4.34 Å². The fourth-order valence-corrected chi connectivity index (χ4v) is 4.24. The van der Waals surface area contributed by atoms with Gasteiger partial charge in [0.25, 0.3) is 0 Å². The summed E-state index contributed by atoms with van der Waals surface area (Å²) in [5, 5.41) is 2.33. The van der Waals surface area contributed by atoms with Gasteiger partial charge in [-0.2, -0.15) is 0 Å². The van der Waals surface area contributed by atoms with E-state index in [1.54, 1.807) is 18.2 Å². The van der Waals surface area contributed by atoms with Crippen molar-refractivity contribution in [2.75, 3.05) is 5.32 Å². The second-order valence-electron chi connectivity index (χ2n) is 3.60. The van der Waals surface area contributed by atoms with Gasteiger partial charge < -0.3 is 5.32 Å². The lowest BCUT2D eigenvalue weighted by Crippen LogP contribution is -2.07. The topological polar surface area (TPSA) is 76.1 Å². The zero-order chi connectivity index (χ0) is 14.0. The zero-order valence-electron chi connectivity index (χ0n) is 9.75. The van der Waals surface area contributed by atoms with Gasteiger partial charge in [-0.15, -0.1) is 0 Å². The van der Waals surface area contributed by atoms with E-state index in [4.69, 9.17) is 11.6 Å². The highest BCUT2D eigenvalue weighted by Gasteiger charge is 2.25. The standard InChI is InChI=1S/C11H9ClN2O3S2/c1-7(15)13-11-14-10(9(12)18-11)19(16,17)8-5-3-2-4-6-8/h2-6H,1H3,(H,13,14,15). The molecule has 0 spiro atoms. The lowest BCUT2D eigenvalue weighted by atomic mass is 10.4. The van der Waals surface area contributed by atoms with Gasteiger partial charge in [0.2, 0.25) is 15.7 Å². The van der Waals surface area contributed by atoms with Crippen molar-refractivity contribution in [3.05, 3.63) is 34.7 Å². The van der Waals surface area contributed by atoms with E-state index in [0.29, 0.717) is 0 Å². The summed E-state index contributed by atoms with van der Waals surface area (Å²) in [6.07, 6.45) is 0. The first-order valence-electron chi connectivity index (χ1n) is 5.15. The molecule has 0 fully saturated rings. The molecule has 1 N–H and O–H groups in total. The average molecular weight is 317 g/mol. The summed E-state index contributed by atoms with van der Waals surface area (Å²) in [4.78, 5) is 14.9. The summed E-state index contributed by atoms with van der Waals surface area (Å²) in [7, 11) is -3.77. The minimum atomic E-state index is -3.77. The first-order valence-corrected chi connectivity index (χ1v) is 7.83. The van der Waals surface area contributed by atoms with Crippen molar-refractivity contribution in [2.24, 2.45) is 0 Å². The number of nitrogens with zero attached hydrogens (tertiary/aromatic N) is 1. The first kappa shape index (κ1) is 14.0. The number of rotatable bonds is 3. The van der Waals surface area contributed by atoms with E-state index in [2.05, 4.69) is 10.3 Å². The van der Waals surface area contributed by atoms with Crippen LogP contribution in [0.4, 0.5) is 5.13 Å². The third-order valence-corrected chi connectivity index (χ3v) is 5.26. The Morgan fingerprint density at radius 2 is 1.95 bits per heavy atom. The predicted octanol–water partition coefficient (Wildman–Crippen LogP) is 2.59. The molecule has 100 valence electrons. The van der Waals surface area contributed by atoms with Crippen molar-refractivity contribution >= 4 is 43.8 Å². The Morgan fingerprint density at radius 1 is 1.32 bits per heavy atom. The van der Waals surface area contributed by atoms with Crippen molar-refractivity contribution in [3.63, 3.8) is 0 Å². The summed E-state index contributed by atoms with van der Waals surface area (Å²) >= 11 is 6.80. The highest BCUT2D eigenvalue weighted by Crippen LogP contribution is 2.34. The molecule has 0 saturated heterocycles. The van der Waals surface area contributed by atoms with Crippen LogP contribution in [0, 0.1) is 0 Å². The van der Waals surface area contributed by atoms with Crippen molar-refractivity contribution in [3.8, 4) is 0 Å². The van der Waals surface area contributed by atoms with Crippen LogP contribution in [0.5, 0.6) is 0 Å². The Morgan fingerprint density at radius 3 is 2.53 bits per heavy atom. The van der Waals surface area contributed by atoms with Crippen LogP contribution in [0.3, 0.4) is 0 Å². The molecular formula is C11H9ClN2O3S2. The maximum atomic E-state index is 12.3. The molecule has 0 unspecified atom stereocenters. The monoisotopic (exact) mass is 316 g/mol. The number of benzene rings is 1. The molecule has 0 saturated carbocycles. The molecule has 1 amide bonds. The van der Waals surface area contributed by atoms with Gasteiger partial charge >= 0.3 is 0 Å². The smallest absolute Gasteiger partial charge is 0.226 e. The summed E-state index contributed by atoms with van der Waals surface area (Å²) in [6.45, 7) is 1.31. The van der Waals surface area contributed by atoms with Gasteiger partial charge in [0.05, 0.1) is 4.90 Å². The van der Waals surface area contributed by atoms with E-state index in [9.17, 15) is 13.2 Å². The molecule has 0 aliphatic carbocycles. The van der Waals surface area contributed by atoms with Crippen LogP contribution in [0.15, 0.2) is 40.3 Å². The molecule has 0 aliphatic rings. The van der Waals surface area contributed by atoms with Gasteiger partial charge in [0, 0.05) is 6.92 Å². The fraction of sp³-hybridized carbons (Fsp3) is 0.0909. The lowest BCUT2D eigenvalue weighted by molar-refractivity contribution is -0.114. The predicted molar refractivity (Wildman–Crippen MR) is 73.3 cm³/mol. The number of carbonyl (C=O) groups is 1. The molecule has 2 aromatic rings. The number of nitrogens with one attached hydrogen (secondary N) is 1. The molecule has 0 radical (unpaired) electrons. The number of halogens is 1. The number of sulfone groups is 1. The number of anilines is 1. The third kappa shape index (κ3) is 2.94. The zero-order valence-corrected chi connectivity index (χ0v) is 12.1. The Labute approximate surface area is 119 Å². The Bertz CT molecular complexity index is 711. The fourth-order valence-electron chi connectivity index (χ4n) is 1.37. The lowest BCUT2D eigenvalue weighted by Gasteiger charge is -2.00. The van der Waals surface area contributed by atoms with Crippen LogP contribution in [0.2, 0.25) is 4.34 Å². The molecule has 19 heavy (non-hydrogen) atoms. The minimum Gasteiger partial charge on any atom is -0.302 e. The Balaban J connectivity index is 2.47. The largest absolute Gasteiger partial charge is 0.302 e. The number of hydrogen-bond acceptors (Lipinski definition) is 5. The van der Waals surface area contributed by atoms with Gasteiger partial charge in [0.15, 0.2) is 10.2 Å². The average Bonchev–Trinajstić information content (AvgIpc) is 2.71. The van der Waals surface area contributed by atoms with Crippen LogP contribution in [-0.2, 0) is 14.6 Å². The van der Waals surface area contributed by atoms with Gasteiger partial charge in [-0.1, -0.05) is 41.1 Å². The second kappa shape index (κ2) is 5.28. The van der Waals surface area contributed by atoms with Crippen LogP contribution >= 0.6 is 22.9 Å². The van der Waals surface area contributed by atoms with E-state index in [1.807, 2.05) is 0 Å². The number of aromatic nitrogens is 1. The van der Waals surface area contributed by atoms with E-state index >= 15 is 0 Å². The summed E-state index contributed by atoms with van der Waals surface area (Å²) in [5.74, 6) is -0.339. The summed E-state index contributed by atoms with van der Waals surface area (Å²) in [5.41, 5.74) is 0. The highest BCUT2D eigenvalue weighted by molar-refractivity contribution is 7.91. The van der Waals surface area contributed by atoms with Gasteiger partial charge in [-0.25, -0.2) is 13.4 Å². The van der Waals surface area contributed by atoms with Crippen molar-refractivity contribution < 1.29 is 13.2 Å². The quantitative estimate of drug-likeness (QED) is 0.944. The summed E-state index contributed by atoms with van der Waals surface area (Å²) in [6, 6.07) is 7.86. The van der Waals surface area contributed by atoms with Crippen LogP contribution < -0.4 is 5.32 Å². The highest BCUT2D eigenvalue weighted by atomic mass is 35.5. The molecule has 8 heteroatoms. The molecule has 5 nitrogen and oxygen atoms in total. The van der Waals surface area contributed by atoms with Crippen LogP contribution in [-0.4, -0.2) is 19.3 Å². The van der Waals surface area contributed by atoms with Crippen LogP contribution in [0.25, 0.3) is 0 Å². The molecule has 1 aromatic carbocycles. The molecule has 0 aliphatic heterocycles. The minimum absolute atomic E-state index is 0.0209. The number of hydrogen-bond donors (Lipinski definition) is 1. The number of carbonyl (C=O) groups excluding carboxylic acids is 1. The molecule has 0 atom stereocenters. The van der Waals surface area contributed by atoms with Crippen molar-refractivity contribution in [1.82, 2.24) is 4.98 Å². The first-order chi connectivity index (χ1) is 8.91. The number of thiazole rings is 1. The molecule has 2 rings (SSSR count). The molecular weight excluding hydrogens is 308 g/mol. The molecule has 1 aromatic heterocycles. The number of amides is 1. The van der Waals surface area contributed by atoms with Gasteiger partial charge in [-0.05, 0) is 12.1 Å². The maximum absolute atomic E-state index is 12.3. The van der Waals surface area contributed by atoms with E-state index in [-0.39, 0.29) is 25.3 Å².